The van der Waals surface area contributed by atoms with E-state index >= 15 is 0 Å². The average Bonchev–Trinajstić information content (AvgIpc) is 3.23. The molecule has 1 aliphatic heterocycles. The summed E-state index contributed by atoms with van der Waals surface area (Å²) in [6.45, 7) is 11.8. The summed E-state index contributed by atoms with van der Waals surface area (Å²) < 4.78 is 0.951. The van der Waals surface area contributed by atoms with Gasteiger partial charge in [-0.3, -0.25) is 4.90 Å². The predicted molar refractivity (Wildman–Crippen MR) is 165 cm³/mol. The number of nitrogens with one attached hydrogen (secondary N) is 3. The minimum atomic E-state index is 0.426. The van der Waals surface area contributed by atoms with Crippen LogP contribution in [0, 0.1) is 0 Å². The first-order valence-corrected chi connectivity index (χ1v) is 15.9. The third kappa shape index (κ3) is 7.81. The van der Waals surface area contributed by atoms with E-state index in [-0.39, 0.29) is 0 Å². The highest BCUT2D eigenvalue weighted by Gasteiger charge is 2.23. The van der Waals surface area contributed by atoms with E-state index in [2.05, 4.69) is 87.3 Å². The number of aromatic nitrogens is 3. The summed E-state index contributed by atoms with van der Waals surface area (Å²) in [6.07, 6.45) is 10.0. The van der Waals surface area contributed by atoms with E-state index in [1.807, 2.05) is 0 Å². The number of hydrogen-bond donors (Lipinski definition) is 3. The standard InChI is InChI=1S/C28H45IN8/c1-4-36(5-2)25-16-15-23(18-21(25)19-29)32-28-34-26(30-20-24-14-11-17-37(24)6-3)33-27(35-28)31-22-12-9-7-8-10-13-22/h15-16,18,22,24H,4-14,17,19-20H2,1-3H3,(H3,30,31,32,33,34,35). The SMILES string of the molecule is CCN(CC)c1ccc(Nc2nc(NCC3CCCN3CC)nc(NC3CCCCCC3)n2)cc1CI. The van der Waals surface area contributed by atoms with Crippen LogP contribution < -0.4 is 20.9 Å². The van der Waals surface area contributed by atoms with Crippen molar-refractivity contribution >= 4 is 51.8 Å². The lowest BCUT2D eigenvalue weighted by Gasteiger charge is -2.24. The first-order valence-electron chi connectivity index (χ1n) is 14.3. The molecule has 204 valence electrons. The first kappa shape index (κ1) is 28.1. The molecule has 37 heavy (non-hydrogen) atoms. The molecule has 3 N–H and O–H groups in total. The molecule has 2 fully saturated rings. The van der Waals surface area contributed by atoms with Gasteiger partial charge in [-0.25, -0.2) is 0 Å². The van der Waals surface area contributed by atoms with Crippen LogP contribution in [-0.2, 0) is 4.43 Å². The quantitative estimate of drug-likeness (QED) is 0.142. The third-order valence-electron chi connectivity index (χ3n) is 7.81. The van der Waals surface area contributed by atoms with Gasteiger partial charge in [0.2, 0.25) is 17.8 Å². The van der Waals surface area contributed by atoms with Gasteiger partial charge in [0.15, 0.2) is 0 Å². The summed E-state index contributed by atoms with van der Waals surface area (Å²) in [4.78, 5) is 19.3. The van der Waals surface area contributed by atoms with Crippen molar-refractivity contribution in [1.82, 2.24) is 19.9 Å². The maximum absolute atomic E-state index is 4.80. The summed E-state index contributed by atoms with van der Waals surface area (Å²) in [5.41, 5.74) is 3.63. The number of alkyl halides is 1. The van der Waals surface area contributed by atoms with Crippen molar-refractivity contribution in [2.24, 2.45) is 0 Å². The predicted octanol–water partition coefficient (Wildman–Crippen LogP) is 6.43. The van der Waals surface area contributed by atoms with Gasteiger partial charge in [-0.15, -0.1) is 0 Å². The smallest absolute Gasteiger partial charge is 0.233 e. The average molecular weight is 621 g/mol. The molecule has 9 heteroatoms. The Hall–Kier alpha value is -1.88. The fraction of sp³-hybridized carbons (Fsp3) is 0.679. The minimum absolute atomic E-state index is 0.426. The number of benzene rings is 1. The molecule has 8 nitrogen and oxygen atoms in total. The lowest BCUT2D eigenvalue weighted by atomic mass is 10.1. The zero-order valence-electron chi connectivity index (χ0n) is 22.9. The van der Waals surface area contributed by atoms with Crippen molar-refractivity contribution in [3.8, 4) is 0 Å². The Morgan fingerprint density at radius 1 is 0.919 bits per heavy atom. The molecule has 1 unspecified atom stereocenters. The maximum Gasteiger partial charge on any atom is 0.233 e. The molecule has 2 aliphatic rings. The van der Waals surface area contributed by atoms with Crippen LogP contribution in [0.25, 0.3) is 0 Å². The van der Waals surface area contributed by atoms with Gasteiger partial charge in [0.1, 0.15) is 0 Å². The third-order valence-corrected chi connectivity index (χ3v) is 8.63. The van der Waals surface area contributed by atoms with Crippen LogP contribution in [0.2, 0.25) is 0 Å². The Bertz CT molecular complexity index is 975. The minimum Gasteiger partial charge on any atom is -0.372 e. The van der Waals surface area contributed by atoms with E-state index in [0.717, 1.165) is 36.3 Å². The Kier molecular flexibility index (Phi) is 10.9. The van der Waals surface area contributed by atoms with Crippen LogP contribution in [0.15, 0.2) is 18.2 Å². The van der Waals surface area contributed by atoms with Crippen LogP contribution >= 0.6 is 22.6 Å². The van der Waals surface area contributed by atoms with Crippen molar-refractivity contribution in [2.75, 3.05) is 53.6 Å². The van der Waals surface area contributed by atoms with Gasteiger partial charge in [0.05, 0.1) is 0 Å². The van der Waals surface area contributed by atoms with Crippen LogP contribution in [-0.4, -0.2) is 64.7 Å². The molecule has 2 aromatic rings. The number of likely N-dealkylation sites (tertiary alicyclic amines) is 1. The zero-order valence-corrected chi connectivity index (χ0v) is 25.1. The van der Waals surface area contributed by atoms with Gasteiger partial charge in [-0.2, -0.15) is 15.0 Å². The second kappa shape index (κ2) is 14.3. The Balaban J connectivity index is 1.54. The molecule has 0 bridgehead atoms. The Morgan fingerprint density at radius 3 is 2.35 bits per heavy atom. The van der Waals surface area contributed by atoms with Crippen LogP contribution in [0.1, 0.15) is 77.7 Å². The summed E-state index contributed by atoms with van der Waals surface area (Å²) >= 11 is 2.45. The van der Waals surface area contributed by atoms with Crippen LogP contribution in [0.3, 0.4) is 0 Å². The molecule has 2 heterocycles. The zero-order chi connectivity index (χ0) is 26.0. The Morgan fingerprint density at radius 2 is 1.65 bits per heavy atom. The monoisotopic (exact) mass is 620 g/mol. The van der Waals surface area contributed by atoms with E-state index < -0.39 is 0 Å². The van der Waals surface area contributed by atoms with Gasteiger partial charge in [-0.1, -0.05) is 55.2 Å². The van der Waals surface area contributed by atoms with Crippen molar-refractivity contribution in [3.05, 3.63) is 23.8 Å². The molecule has 1 atom stereocenters. The van der Waals surface area contributed by atoms with Gasteiger partial charge in [0, 0.05) is 47.5 Å². The fourth-order valence-electron chi connectivity index (χ4n) is 5.71. The van der Waals surface area contributed by atoms with E-state index in [1.54, 1.807) is 0 Å². The largest absolute Gasteiger partial charge is 0.372 e. The van der Waals surface area contributed by atoms with E-state index in [9.17, 15) is 0 Å². The maximum atomic E-state index is 4.80. The summed E-state index contributed by atoms with van der Waals surface area (Å²) in [5.74, 6) is 1.90. The van der Waals surface area contributed by atoms with Crippen molar-refractivity contribution in [1.29, 1.82) is 0 Å². The summed E-state index contributed by atoms with van der Waals surface area (Å²) in [6, 6.07) is 7.54. The molecule has 1 saturated heterocycles. The lowest BCUT2D eigenvalue weighted by molar-refractivity contribution is 0.277. The normalized spacial score (nSPS) is 19.0. The number of rotatable bonds is 12. The number of hydrogen-bond acceptors (Lipinski definition) is 8. The van der Waals surface area contributed by atoms with Crippen molar-refractivity contribution < 1.29 is 0 Å². The molecule has 0 amide bonds. The molecule has 4 rings (SSSR count). The van der Waals surface area contributed by atoms with E-state index in [1.165, 1.54) is 69.2 Å². The molecular weight excluding hydrogens is 575 g/mol. The lowest BCUT2D eigenvalue weighted by Crippen LogP contribution is -2.35. The highest BCUT2D eigenvalue weighted by molar-refractivity contribution is 14.1. The topological polar surface area (TPSA) is 81.2 Å². The van der Waals surface area contributed by atoms with Gasteiger partial charge >= 0.3 is 0 Å². The Labute approximate surface area is 237 Å². The molecule has 1 saturated carbocycles. The number of halogens is 1. The van der Waals surface area contributed by atoms with Crippen LogP contribution in [0.5, 0.6) is 0 Å². The summed E-state index contributed by atoms with van der Waals surface area (Å²) in [5, 5.41) is 10.7. The molecule has 0 spiro atoms. The fourth-order valence-corrected chi connectivity index (χ4v) is 6.32. The molecule has 1 aromatic heterocycles. The van der Waals surface area contributed by atoms with E-state index in [0.29, 0.717) is 29.9 Å². The van der Waals surface area contributed by atoms with Gasteiger partial charge < -0.3 is 20.9 Å². The second-order valence-electron chi connectivity index (χ2n) is 10.2. The van der Waals surface area contributed by atoms with E-state index in [4.69, 9.17) is 15.0 Å². The van der Waals surface area contributed by atoms with Crippen LogP contribution in [0.4, 0.5) is 29.2 Å². The van der Waals surface area contributed by atoms with Crippen molar-refractivity contribution in [2.45, 2.75) is 88.6 Å². The van der Waals surface area contributed by atoms with Gasteiger partial charge in [-0.05, 0) is 76.4 Å². The molecular formula is C28H45IN8. The first-order chi connectivity index (χ1) is 18.1. The van der Waals surface area contributed by atoms with Gasteiger partial charge in [0.25, 0.3) is 0 Å². The number of likely N-dealkylation sites (N-methyl/N-ethyl adjacent to an activating group) is 1. The highest BCUT2D eigenvalue weighted by atomic mass is 127. The number of nitrogens with zero attached hydrogens (tertiary/aromatic N) is 5. The molecule has 1 aliphatic carbocycles. The molecule has 0 radical (unpaired) electrons. The molecule has 1 aromatic carbocycles. The highest BCUT2D eigenvalue weighted by Crippen LogP contribution is 2.28. The summed E-state index contributed by atoms with van der Waals surface area (Å²) in [7, 11) is 0. The number of anilines is 5. The van der Waals surface area contributed by atoms with Crippen molar-refractivity contribution in [3.63, 3.8) is 0 Å². The second-order valence-corrected chi connectivity index (χ2v) is 11.0.